The van der Waals surface area contributed by atoms with Crippen molar-refractivity contribution in [2.75, 3.05) is 27.7 Å². The Labute approximate surface area is 128 Å². The molecule has 2 unspecified atom stereocenters. The van der Waals surface area contributed by atoms with E-state index in [1.54, 1.807) is 0 Å². The maximum atomic E-state index is 10.8. The molecule has 0 saturated heterocycles. The van der Waals surface area contributed by atoms with Gasteiger partial charge < -0.3 is 10.0 Å². The van der Waals surface area contributed by atoms with E-state index in [1.165, 1.54) is 24.8 Å². The number of nitrogens with zero attached hydrogens (tertiary/aromatic N) is 2. The molecule has 1 aromatic carbocycles. The number of fused-ring (bicyclic) bond motifs is 1. The SMILES string of the molecule is CN(CC1(N(C)C)CCC1)C1CCc2ccccc2C1O. The van der Waals surface area contributed by atoms with Gasteiger partial charge in [-0.05, 0) is 64.4 Å². The molecule has 0 radical (unpaired) electrons. The molecule has 0 bridgehead atoms. The quantitative estimate of drug-likeness (QED) is 0.922. The van der Waals surface area contributed by atoms with Gasteiger partial charge in [0.05, 0.1) is 6.10 Å². The first-order valence-corrected chi connectivity index (χ1v) is 8.17. The largest absolute Gasteiger partial charge is 0.387 e. The van der Waals surface area contributed by atoms with Crippen LogP contribution in [-0.4, -0.2) is 54.2 Å². The van der Waals surface area contributed by atoms with Crippen molar-refractivity contribution < 1.29 is 5.11 Å². The zero-order valence-electron chi connectivity index (χ0n) is 13.5. The molecule has 1 N–H and O–H groups in total. The number of aryl methyl sites for hydroxylation is 1. The predicted octanol–water partition coefficient (Wildman–Crippen LogP) is 2.45. The van der Waals surface area contributed by atoms with Crippen LogP contribution in [0, 0.1) is 0 Å². The van der Waals surface area contributed by atoms with Crippen molar-refractivity contribution in [1.82, 2.24) is 9.80 Å². The van der Waals surface area contributed by atoms with Crippen LogP contribution < -0.4 is 0 Å². The summed E-state index contributed by atoms with van der Waals surface area (Å²) in [6, 6.07) is 8.60. The summed E-state index contributed by atoms with van der Waals surface area (Å²) in [6.45, 7) is 1.06. The third-order valence-electron chi connectivity index (χ3n) is 5.79. The van der Waals surface area contributed by atoms with Crippen molar-refractivity contribution >= 4 is 0 Å². The van der Waals surface area contributed by atoms with E-state index in [4.69, 9.17) is 0 Å². The summed E-state index contributed by atoms with van der Waals surface area (Å²) in [5.74, 6) is 0. The lowest BCUT2D eigenvalue weighted by atomic mass is 9.74. The zero-order valence-corrected chi connectivity index (χ0v) is 13.5. The first kappa shape index (κ1) is 15.0. The van der Waals surface area contributed by atoms with Gasteiger partial charge in [-0.15, -0.1) is 0 Å². The summed E-state index contributed by atoms with van der Waals surface area (Å²) < 4.78 is 0. The average Bonchev–Trinajstić information content (AvgIpc) is 2.43. The fourth-order valence-electron chi connectivity index (χ4n) is 4.09. The monoisotopic (exact) mass is 288 g/mol. The van der Waals surface area contributed by atoms with Gasteiger partial charge in [-0.25, -0.2) is 0 Å². The van der Waals surface area contributed by atoms with Crippen molar-refractivity contribution in [1.29, 1.82) is 0 Å². The summed E-state index contributed by atoms with van der Waals surface area (Å²) >= 11 is 0. The molecule has 2 atom stereocenters. The molecule has 0 aromatic heterocycles. The highest BCUT2D eigenvalue weighted by Crippen LogP contribution is 2.39. The van der Waals surface area contributed by atoms with Crippen LogP contribution in [-0.2, 0) is 6.42 Å². The third-order valence-corrected chi connectivity index (χ3v) is 5.79. The van der Waals surface area contributed by atoms with Gasteiger partial charge in [0.15, 0.2) is 0 Å². The zero-order chi connectivity index (χ0) is 15.0. The molecule has 3 heteroatoms. The summed E-state index contributed by atoms with van der Waals surface area (Å²) in [5, 5.41) is 10.8. The van der Waals surface area contributed by atoms with Gasteiger partial charge in [-0.2, -0.15) is 0 Å². The van der Waals surface area contributed by atoms with Crippen LogP contribution in [0.1, 0.15) is 42.9 Å². The van der Waals surface area contributed by atoms with Gasteiger partial charge in [0.1, 0.15) is 0 Å². The van der Waals surface area contributed by atoms with Crippen LogP contribution in [0.25, 0.3) is 0 Å². The van der Waals surface area contributed by atoms with Gasteiger partial charge >= 0.3 is 0 Å². The normalized spacial score (nSPS) is 27.5. The molecule has 0 spiro atoms. The molecule has 0 aliphatic heterocycles. The number of likely N-dealkylation sites (N-methyl/N-ethyl adjacent to an activating group) is 2. The molecular formula is C18H28N2O. The van der Waals surface area contributed by atoms with Gasteiger partial charge in [0, 0.05) is 18.1 Å². The highest BCUT2D eigenvalue weighted by atomic mass is 16.3. The van der Waals surface area contributed by atoms with E-state index in [-0.39, 0.29) is 12.1 Å². The van der Waals surface area contributed by atoms with Crippen molar-refractivity contribution in [3.8, 4) is 0 Å². The number of hydrogen-bond donors (Lipinski definition) is 1. The number of hydrogen-bond acceptors (Lipinski definition) is 3. The molecule has 0 heterocycles. The Bertz CT molecular complexity index is 496. The summed E-state index contributed by atoms with van der Waals surface area (Å²) in [5.41, 5.74) is 2.78. The molecule has 116 valence electrons. The van der Waals surface area contributed by atoms with Crippen molar-refractivity contribution in [2.45, 2.75) is 49.8 Å². The van der Waals surface area contributed by atoms with Crippen LogP contribution in [0.15, 0.2) is 24.3 Å². The summed E-state index contributed by atoms with van der Waals surface area (Å²) in [7, 11) is 6.57. The van der Waals surface area contributed by atoms with E-state index >= 15 is 0 Å². The Morgan fingerprint density at radius 1 is 1.19 bits per heavy atom. The minimum absolute atomic E-state index is 0.248. The Balaban J connectivity index is 1.73. The second-order valence-corrected chi connectivity index (χ2v) is 7.14. The van der Waals surface area contributed by atoms with Gasteiger partial charge in [0.2, 0.25) is 0 Å². The van der Waals surface area contributed by atoms with E-state index in [0.717, 1.165) is 24.9 Å². The molecule has 21 heavy (non-hydrogen) atoms. The molecular weight excluding hydrogens is 260 g/mol. The number of aliphatic hydroxyl groups excluding tert-OH is 1. The second-order valence-electron chi connectivity index (χ2n) is 7.14. The molecule has 1 fully saturated rings. The standard InChI is InChI=1S/C18H28N2O/c1-19(2)18(11-6-12-18)13-20(3)16-10-9-14-7-4-5-8-15(14)17(16)21/h4-5,7-8,16-17,21H,6,9-13H2,1-3H3. The molecule has 2 aliphatic rings. The van der Waals surface area contributed by atoms with Crippen molar-refractivity contribution in [3.63, 3.8) is 0 Å². The molecule has 3 rings (SSSR count). The van der Waals surface area contributed by atoms with Gasteiger partial charge in [0.25, 0.3) is 0 Å². The first-order chi connectivity index (χ1) is 10.0. The minimum atomic E-state index is -0.348. The fraction of sp³-hybridized carbons (Fsp3) is 0.667. The van der Waals surface area contributed by atoms with E-state index < -0.39 is 0 Å². The minimum Gasteiger partial charge on any atom is -0.387 e. The highest BCUT2D eigenvalue weighted by molar-refractivity contribution is 5.32. The molecule has 3 nitrogen and oxygen atoms in total. The molecule has 2 aliphatic carbocycles. The first-order valence-electron chi connectivity index (χ1n) is 8.17. The van der Waals surface area contributed by atoms with Gasteiger partial charge in [-0.1, -0.05) is 24.3 Å². The maximum absolute atomic E-state index is 10.8. The second kappa shape index (κ2) is 5.71. The van der Waals surface area contributed by atoms with Crippen LogP contribution in [0.4, 0.5) is 0 Å². The smallest absolute Gasteiger partial charge is 0.0947 e. The lowest BCUT2D eigenvalue weighted by Crippen LogP contribution is -2.58. The van der Waals surface area contributed by atoms with Crippen LogP contribution in [0.5, 0.6) is 0 Å². The Morgan fingerprint density at radius 3 is 2.52 bits per heavy atom. The maximum Gasteiger partial charge on any atom is 0.0947 e. The molecule has 1 saturated carbocycles. The van der Waals surface area contributed by atoms with Gasteiger partial charge in [-0.3, -0.25) is 4.90 Å². The number of rotatable bonds is 4. The van der Waals surface area contributed by atoms with E-state index in [9.17, 15) is 5.11 Å². The lowest BCUT2D eigenvalue weighted by Gasteiger charge is -2.51. The van der Waals surface area contributed by atoms with Crippen molar-refractivity contribution in [3.05, 3.63) is 35.4 Å². The van der Waals surface area contributed by atoms with Crippen molar-refractivity contribution in [2.24, 2.45) is 0 Å². The topological polar surface area (TPSA) is 26.7 Å². The third kappa shape index (κ3) is 2.63. The van der Waals surface area contributed by atoms with Crippen LogP contribution >= 0.6 is 0 Å². The fourth-order valence-corrected chi connectivity index (χ4v) is 4.09. The summed E-state index contributed by atoms with van der Waals surface area (Å²) in [4.78, 5) is 4.79. The number of aliphatic hydroxyl groups is 1. The average molecular weight is 288 g/mol. The van der Waals surface area contributed by atoms with E-state index in [0.29, 0.717) is 5.54 Å². The van der Waals surface area contributed by atoms with E-state index in [2.05, 4.69) is 49.1 Å². The predicted molar refractivity (Wildman–Crippen MR) is 86.4 cm³/mol. The highest BCUT2D eigenvalue weighted by Gasteiger charge is 2.42. The van der Waals surface area contributed by atoms with Crippen LogP contribution in [0.2, 0.25) is 0 Å². The number of benzene rings is 1. The molecule has 0 amide bonds. The Morgan fingerprint density at radius 2 is 1.90 bits per heavy atom. The summed E-state index contributed by atoms with van der Waals surface area (Å²) in [6.07, 6.45) is 5.68. The van der Waals surface area contributed by atoms with Crippen LogP contribution in [0.3, 0.4) is 0 Å². The Hall–Kier alpha value is -0.900. The lowest BCUT2D eigenvalue weighted by molar-refractivity contribution is -0.0165. The van der Waals surface area contributed by atoms with E-state index in [1.807, 2.05) is 6.07 Å². The molecule has 1 aromatic rings. The Kier molecular flexibility index (Phi) is 4.08.